The van der Waals surface area contributed by atoms with Crippen molar-refractivity contribution < 1.29 is 80.2 Å². The fourth-order valence-electron chi connectivity index (χ4n) is 10.7. The van der Waals surface area contributed by atoms with Gasteiger partial charge >= 0.3 is 39.5 Å². The zero-order valence-corrected chi connectivity index (χ0v) is 71.3. The Labute approximate surface area is 678 Å². The van der Waals surface area contributed by atoms with Gasteiger partial charge in [-0.1, -0.05) is 312 Å². The van der Waals surface area contributed by atoms with Crippen LogP contribution in [-0.4, -0.2) is 96.7 Å². The summed E-state index contributed by atoms with van der Waals surface area (Å²) in [6, 6.07) is 0. The van der Waals surface area contributed by atoms with Crippen LogP contribution in [0.25, 0.3) is 0 Å². The maximum atomic E-state index is 13.2. The summed E-state index contributed by atoms with van der Waals surface area (Å²) >= 11 is 0. The highest BCUT2D eigenvalue weighted by atomic mass is 31.2. The summed E-state index contributed by atoms with van der Waals surface area (Å²) in [5, 5.41) is 10.7. The Hall–Kier alpha value is -6.10. The van der Waals surface area contributed by atoms with E-state index in [4.69, 9.17) is 37.0 Å². The van der Waals surface area contributed by atoms with Gasteiger partial charge in [0.15, 0.2) is 12.2 Å². The van der Waals surface area contributed by atoms with Crippen LogP contribution in [0.3, 0.4) is 0 Å². The van der Waals surface area contributed by atoms with Crippen LogP contribution in [0, 0.1) is 0 Å². The number of aliphatic hydroxyl groups excluding tert-OH is 1. The van der Waals surface area contributed by atoms with Gasteiger partial charge < -0.3 is 33.8 Å². The number of phosphoric ester groups is 2. The van der Waals surface area contributed by atoms with Gasteiger partial charge in [-0.3, -0.25) is 37.3 Å². The number of esters is 4. The third kappa shape index (κ3) is 81.9. The minimum absolute atomic E-state index is 0.0269. The van der Waals surface area contributed by atoms with Crippen LogP contribution >= 0.6 is 15.6 Å². The second-order valence-corrected chi connectivity index (χ2v) is 30.5. The van der Waals surface area contributed by atoms with E-state index in [2.05, 4.69) is 204 Å². The van der Waals surface area contributed by atoms with Crippen molar-refractivity contribution in [2.75, 3.05) is 39.6 Å². The molecular formula is C93H150O17P2. The third-order valence-corrected chi connectivity index (χ3v) is 19.0. The summed E-state index contributed by atoms with van der Waals surface area (Å²) in [5.74, 6) is -2.32. The Morgan fingerprint density at radius 1 is 0.250 bits per heavy atom. The number of rotatable bonds is 78. The van der Waals surface area contributed by atoms with Gasteiger partial charge in [0.25, 0.3) is 0 Å². The highest BCUT2D eigenvalue weighted by molar-refractivity contribution is 7.47. The molecule has 17 nitrogen and oxygen atoms in total. The first-order valence-corrected chi connectivity index (χ1v) is 45.7. The van der Waals surface area contributed by atoms with E-state index in [1.54, 1.807) is 0 Å². The molecule has 0 aliphatic rings. The molecule has 0 aromatic carbocycles. The lowest BCUT2D eigenvalue weighted by atomic mass is 10.1. The number of aliphatic hydroxyl groups is 1. The van der Waals surface area contributed by atoms with E-state index in [1.807, 2.05) is 18.2 Å². The molecule has 0 saturated heterocycles. The summed E-state index contributed by atoms with van der Waals surface area (Å²) in [7, 11) is -10.0. The Balaban J connectivity index is 5.49. The summed E-state index contributed by atoms with van der Waals surface area (Å²) in [4.78, 5) is 73.3. The van der Waals surface area contributed by atoms with E-state index in [-0.39, 0.29) is 25.7 Å². The lowest BCUT2D eigenvalue weighted by molar-refractivity contribution is -0.161. The summed E-state index contributed by atoms with van der Waals surface area (Å²) in [5.41, 5.74) is 0. The maximum Gasteiger partial charge on any atom is 0.472 e. The van der Waals surface area contributed by atoms with Crippen LogP contribution in [0.15, 0.2) is 194 Å². The molecule has 0 aromatic heterocycles. The minimum atomic E-state index is -5.01. The first-order valence-electron chi connectivity index (χ1n) is 42.7. The highest BCUT2D eigenvalue weighted by Crippen LogP contribution is 2.45. The molecule has 0 amide bonds. The molecule has 0 aromatic rings. The van der Waals surface area contributed by atoms with Gasteiger partial charge in [0.1, 0.15) is 19.3 Å². The molecule has 0 heterocycles. The molecule has 5 atom stereocenters. The standard InChI is InChI=1S/C93H150O17P2/c1-5-9-13-17-21-25-29-33-37-41-43-47-49-53-57-61-65-69-73-77-90(95)103-83-88(109-92(97)79-75-71-67-63-59-55-51-45-39-35-31-27-23-19-15-11-7-3)85-107-111(99,100)105-81-87(94)82-106-112(101,102)108-86-89(110-93(98)80-76-72-68-64-60-56-52-46-40-36-32-28-24-20-16-12-8-4)84-104-91(96)78-74-70-66-62-58-54-50-48-44-42-38-34-30-26-22-18-14-10-6-2/h9-16,21-28,33-40,43-44,47-48,53,57,65,69,87-89,94H,5-8,17-20,29-32,41-42,45-46,49-52,54-56,58-64,66-68,70-86H2,1-4H3,(H,99,100)(H,101,102)/b13-9-,14-10-,15-11-,16-12-,25-21-,26-22-,27-23-,28-24-,37-33-,38-34-,39-35-,40-36-,47-43-,48-44-,57-53-,69-65-. The van der Waals surface area contributed by atoms with E-state index >= 15 is 0 Å². The molecule has 112 heavy (non-hydrogen) atoms. The molecule has 0 spiro atoms. The summed E-state index contributed by atoms with van der Waals surface area (Å²) < 4.78 is 68.8. The van der Waals surface area contributed by atoms with E-state index in [0.717, 1.165) is 225 Å². The van der Waals surface area contributed by atoms with Crippen molar-refractivity contribution >= 4 is 39.5 Å². The van der Waals surface area contributed by atoms with Crippen LogP contribution in [0.4, 0.5) is 0 Å². The zero-order valence-electron chi connectivity index (χ0n) is 69.5. The normalized spacial score (nSPS) is 14.7. The van der Waals surface area contributed by atoms with Gasteiger partial charge in [0, 0.05) is 25.7 Å². The summed E-state index contributed by atoms with van der Waals surface area (Å²) in [6.45, 7) is 4.31. The predicted molar refractivity (Wildman–Crippen MR) is 463 cm³/mol. The van der Waals surface area contributed by atoms with Gasteiger partial charge in [-0.2, -0.15) is 0 Å². The molecule has 5 unspecified atom stereocenters. The molecular weight excluding hydrogens is 1450 g/mol. The van der Waals surface area contributed by atoms with Gasteiger partial charge in [-0.05, 0) is 167 Å². The number of hydrogen-bond acceptors (Lipinski definition) is 15. The van der Waals surface area contributed by atoms with Crippen molar-refractivity contribution in [3.8, 4) is 0 Å². The Bertz CT molecular complexity index is 2890. The van der Waals surface area contributed by atoms with Crippen LogP contribution < -0.4 is 0 Å². The number of ether oxygens (including phenoxy) is 4. The molecule has 0 aliphatic heterocycles. The molecule has 0 rings (SSSR count). The number of allylic oxidation sites excluding steroid dienone is 32. The molecule has 0 aliphatic carbocycles. The van der Waals surface area contributed by atoms with Crippen LogP contribution in [0.5, 0.6) is 0 Å². The second-order valence-electron chi connectivity index (χ2n) is 27.6. The van der Waals surface area contributed by atoms with Crippen LogP contribution in [0.2, 0.25) is 0 Å². The molecule has 19 heteroatoms. The molecule has 0 saturated carbocycles. The lowest BCUT2D eigenvalue weighted by Gasteiger charge is -2.21. The average Bonchev–Trinajstić information content (AvgIpc) is 0.895. The zero-order chi connectivity index (χ0) is 81.7. The van der Waals surface area contributed by atoms with Crippen molar-refractivity contribution in [1.29, 1.82) is 0 Å². The number of unbranched alkanes of at least 4 members (excludes halogenated alkanes) is 20. The number of phosphoric acid groups is 2. The lowest BCUT2D eigenvalue weighted by Crippen LogP contribution is -2.30. The SMILES string of the molecule is CC/C=C\C/C=C\C/C=C\C/C=C\C/C=C\C/C=C\CCC(=O)OCC(COP(=O)(O)OCC(O)COP(=O)(O)OCC(COC(=O)CCCCCCCC/C=C\C/C=C\C/C=C\C/C=C\CC)OC(=O)CCCCCCCCC/C=C\C/C=C\C/C=C\CC)OC(=O)CCCCCCCCC/C=C\C/C=C\C/C=C\CC. The highest BCUT2D eigenvalue weighted by Gasteiger charge is 2.30. The van der Waals surface area contributed by atoms with E-state index in [9.17, 15) is 43.2 Å². The first kappa shape index (κ1) is 106. The monoisotopic (exact) mass is 1600 g/mol. The van der Waals surface area contributed by atoms with Gasteiger partial charge in [0.2, 0.25) is 0 Å². The number of hydrogen-bond donors (Lipinski definition) is 3. The first-order chi connectivity index (χ1) is 54.7. The Morgan fingerprint density at radius 2 is 0.455 bits per heavy atom. The smallest absolute Gasteiger partial charge is 0.462 e. The Morgan fingerprint density at radius 3 is 0.723 bits per heavy atom. The fourth-order valence-corrected chi connectivity index (χ4v) is 12.3. The maximum absolute atomic E-state index is 13.2. The van der Waals surface area contributed by atoms with E-state index in [1.165, 1.54) is 0 Å². The molecule has 634 valence electrons. The minimum Gasteiger partial charge on any atom is -0.462 e. The fraction of sp³-hybridized carbons (Fsp3) is 0.613. The molecule has 0 bridgehead atoms. The third-order valence-electron chi connectivity index (χ3n) is 17.1. The molecule has 0 fully saturated rings. The van der Waals surface area contributed by atoms with Crippen molar-refractivity contribution in [2.45, 2.75) is 329 Å². The van der Waals surface area contributed by atoms with E-state index < -0.39 is 97.5 Å². The predicted octanol–water partition coefficient (Wildman–Crippen LogP) is 25.7. The van der Waals surface area contributed by atoms with Crippen LogP contribution in [-0.2, 0) is 65.4 Å². The van der Waals surface area contributed by atoms with Gasteiger partial charge in [-0.25, -0.2) is 9.13 Å². The van der Waals surface area contributed by atoms with Crippen LogP contribution in [0.1, 0.15) is 310 Å². The van der Waals surface area contributed by atoms with Crippen molar-refractivity contribution in [3.63, 3.8) is 0 Å². The number of carbonyl (C=O) groups excluding carboxylic acids is 4. The van der Waals surface area contributed by atoms with Crippen molar-refractivity contribution in [1.82, 2.24) is 0 Å². The van der Waals surface area contributed by atoms with Gasteiger partial charge in [-0.15, -0.1) is 0 Å². The van der Waals surface area contributed by atoms with Crippen molar-refractivity contribution in [3.05, 3.63) is 194 Å². The van der Waals surface area contributed by atoms with E-state index in [0.29, 0.717) is 32.1 Å². The number of carbonyl (C=O) groups is 4. The topological polar surface area (TPSA) is 237 Å². The van der Waals surface area contributed by atoms with Gasteiger partial charge in [0.05, 0.1) is 26.4 Å². The Kier molecular flexibility index (Phi) is 78.4. The largest absolute Gasteiger partial charge is 0.472 e. The molecule has 0 radical (unpaired) electrons. The quantitative estimate of drug-likeness (QED) is 0.0169. The second kappa shape index (κ2) is 82.9. The molecule has 3 N–H and O–H groups in total. The summed E-state index contributed by atoms with van der Waals surface area (Å²) in [6.07, 6.45) is 103. The van der Waals surface area contributed by atoms with Crippen molar-refractivity contribution in [2.24, 2.45) is 0 Å². The average molecular weight is 1600 g/mol.